The first-order valence-electron chi connectivity index (χ1n) is 12.8. The lowest BCUT2D eigenvalue weighted by molar-refractivity contribution is -0.284. The number of ether oxygens (including phenoxy) is 4. The van der Waals surface area contributed by atoms with Crippen LogP contribution in [-0.2, 0) is 16.0 Å². The van der Waals surface area contributed by atoms with Crippen molar-refractivity contribution in [3.05, 3.63) is 83.4 Å². The van der Waals surface area contributed by atoms with E-state index in [1.54, 1.807) is 30.3 Å². The highest BCUT2D eigenvalue weighted by Gasteiger charge is 2.56. The lowest BCUT2D eigenvalue weighted by Gasteiger charge is -2.19. The van der Waals surface area contributed by atoms with Gasteiger partial charge in [-0.2, -0.15) is 22.0 Å². The Hall–Kier alpha value is -4.81. The van der Waals surface area contributed by atoms with Gasteiger partial charge >= 0.3 is 24.0 Å². The molecule has 0 radical (unpaired) electrons. The first kappa shape index (κ1) is 32.7. The van der Waals surface area contributed by atoms with Gasteiger partial charge in [0.2, 0.25) is 0 Å². The highest BCUT2D eigenvalue weighted by Crippen LogP contribution is 2.39. The van der Waals surface area contributed by atoms with Crippen molar-refractivity contribution in [2.45, 2.75) is 31.4 Å². The molecule has 0 amide bonds. The Morgan fingerprint density at radius 2 is 1.53 bits per heavy atom. The Kier molecular flexibility index (Phi) is 10.9. The molecule has 0 aliphatic carbocycles. The minimum atomic E-state index is -5.63. The Bertz CT molecular complexity index is 1420. The summed E-state index contributed by atoms with van der Waals surface area (Å²) in [5.41, 5.74) is 14.1. The Morgan fingerprint density at radius 3 is 2.16 bits per heavy atom. The molecule has 43 heavy (non-hydrogen) atoms. The van der Waals surface area contributed by atoms with Crippen LogP contribution in [0.3, 0.4) is 0 Å². The molecule has 4 N–H and O–H groups in total. The molecule has 0 unspecified atom stereocenters. The SMILES string of the molecule is COc1cc(C(=O)Oc2ccc(/C=C/C(=O)OCCc3cc(N)cc(N)c3)cc2)ccc1OCCCC(F)(F)C(F)(F)F. The molecule has 230 valence electrons. The van der Waals surface area contributed by atoms with Gasteiger partial charge in [0.15, 0.2) is 11.5 Å². The van der Waals surface area contributed by atoms with Crippen LogP contribution in [0.5, 0.6) is 17.2 Å². The molecule has 13 heteroatoms. The molecule has 3 rings (SSSR count). The smallest absolute Gasteiger partial charge is 0.453 e. The highest BCUT2D eigenvalue weighted by molar-refractivity contribution is 5.92. The standard InChI is InChI=1S/C30H29F5N2O6/c1-40-26-17-21(6-9-25(26)41-13-2-12-29(31,32)30(33,34)35)28(39)43-24-7-3-19(4-8-24)5-10-27(38)42-14-11-20-15-22(36)18-23(37)16-20/h3-10,15-18H,2,11-14,36-37H2,1H3/b10-5+. The van der Waals surface area contributed by atoms with Crippen LogP contribution in [0.4, 0.5) is 33.3 Å². The summed E-state index contributed by atoms with van der Waals surface area (Å²) in [7, 11) is 1.27. The Morgan fingerprint density at radius 1 is 0.860 bits per heavy atom. The van der Waals surface area contributed by atoms with Crippen LogP contribution in [0.25, 0.3) is 6.08 Å². The molecule has 0 aliphatic rings. The number of rotatable bonds is 13. The van der Waals surface area contributed by atoms with Gasteiger partial charge in [-0.25, -0.2) is 9.59 Å². The summed E-state index contributed by atoms with van der Waals surface area (Å²) in [4.78, 5) is 24.6. The number of nitrogen functional groups attached to an aromatic ring is 2. The number of methoxy groups -OCH3 is 1. The maximum absolute atomic E-state index is 13.0. The third-order valence-corrected chi connectivity index (χ3v) is 5.88. The third-order valence-electron chi connectivity index (χ3n) is 5.88. The van der Waals surface area contributed by atoms with Crippen LogP contribution >= 0.6 is 0 Å². The average Bonchev–Trinajstić information content (AvgIpc) is 2.94. The van der Waals surface area contributed by atoms with Crippen molar-refractivity contribution in [3.8, 4) is 17.2 Å². The van der Waals surface area contributed by atoms with Gasteiger partial charge in [-0.05, 0) is 72.2 Å². The molecular weight excluding hydrogens is 579 g/mol. The molecule has 0 fully saturated rings. The second kappa shape index (κ2) is 14.4. The monoisotopic (exact) mass is 608 g/mol. The fourth-order valence-electron chi connectivity index (χ4n) is 3.72. The molecule has 0 saturated heterocycles. The largest absolute Gasteiger partial charge is 0.493 e. The number of anilines is 2. The molecule has 0 heterocycles. The third kappa shape index (κ3) is 9.90. The van der Waals surface area contributed by atoms with Gasteiger partial charge < -0.3 is 30.4 Å². The number of benzene rings is 3. The van der Waals surface area contributed by atoms with Gasteiger partial charge in [-0.3, -0.25) is 0 Å². The zero-order valence-electron chi connectivity index (χ0n) is 23.0. The number of halogens is 5. The number of alkyl halides is 5. The highest BCUT2D eigenvalue weighted by atomic mass is 19.4. The predicted octanol–water partition coefficient (Wildman–Crippen LogP) is 6.23. The molecule has 0 bridgehead atoms. The molecule has 0 saturated carbocycles. The van der Waals surface area contributed by atoms with Crippen LogP contribution in [0.2, 0.25) is 0 Å². The lowest BCUT2D eigenvalue weighted by atomic mass is 10.1. The van der Waals surface area contributed by atoms with Crippen molar-refractivity contribution in [1.29, 1.82) is 0 Å². The number of hydrogen-bond acceptors (Lipinski definition) is 8. The van der Waals surface area contributed by atoms with Crippen LogP contribution in [0.1, 0.15) is 34.3 Å². The molecule has 0 spiro atoms. The number of carbonyl (C=O) groups excluding carboxylic acids is 2. The van der Waals surface area contributed by atoms with Crippen LogP contribution in [0, 0.1) is 0 Å². The molecular formula is C30H29F5N2O6. The summed E-state index contributed by atoms with van der Waals surface area (Å²) in [6.45, 7) is -0.289. The second-order valence-electron chi connectivity index (χ2n) is 9.24. The summed E-state index contributed by atoms with van der Waals surface area (Å²) in [5, 5.41) is 0. The molecule has 0 aliphatic heterocycles. The van der Waals surface area contributed by atoms with Crippen LogP contribution in [0.15, 0.2) is 66.7 Å². The van der Waals surface area contributed by atoms with E-state index in [1.165, 1.54) is 49.6 Å². The van der Waals surface area contributed by atoms with Gasteiger partial charge in [0.1, 0.15) is 5.75 Å². The van der Waals surface area contributed by atoms with E-state index < -0.39 is 43.5 Å². The molecule has 3 aromatic rings. The zero-order valence-corrected chi connectivity index (χ0v) is 23.0. The quantitative estimate of drug-likeness (QED) is 0.0585. The number of nitrogens with two attached hydrogens (primary N) is 2. The zero-order chi connectivity index (χ0) is 31.6. The van der Waals surface area contributed by atoms with Gasteiger partial charge in [0, 0.05) is 30.3 Å². The van der Waals surface area contributed by atoms with E-state index >= 15 is 0 Å². The van der Waals surface area contributed by atoms with Crippen LogP contribution in [-0.4, -0.2) is 44.4 Å². The number of carbonyl (C=O) groups is 2. The second-order valence-corrected chi connectivity index (χ2v) is 9.24. The Balaban J connectivity index is 1.48. The summed E-state index contributed by atoms with van der Waals surface area (Å²) < 4.78 is 83.9. The van der Waals surface area contributed by atoms with E-state index in [4.69, 9.17) is 30.4 Å². The lowest BCUT2D eigenvalue weighted by Crippen LogP contribution is -2.36. The predicted molar refractivity (Wildman–Crippen MR) is 149 cm³/mol. The number of esters is 2. The van der Waals surface area contributed by atoms with E-state index in [-0.39, 0.29) is 29.4 Å². The van der Waals surface area contributed by atoms with Crippen molar-refractivity contribution in [3.63, 3.8) is 0 Å². The average molecular weight is 609 g/mol. The van der Waals surface area contributed by atoms with Crippen LogP contribution < -0.4 is 25.7 Å². The van der Waals surface area contributed by atoms with Gasteiger partial charge in [-0.1, -0.05) is 12.1 Å². The van der Waals surface area contributed by atoms with Gasteiger partial charge in [0.05, 0.1) is 25.9 Å². The minimum Gasteiger partial charge on any atom is -0.493 e. The van der Waals surface area contributed by atoms with Crippen molar-refractivity contribution in [1.82, 2.24) is 0 Å². The first-order chi connectivity index (χ1) is 20.3. The van der Waals surface area contributed by atoms with Gasteiger partial charge in [0.25, 0.3) is 0 Å². The van der Waals surface area contributed by atoms with E-state index in [1.807, 2.05) is 0 Å². The topological polar surface area (TPSA) is 123 Å². The van der Waals surface area contributed by atoms with Gasteiger partial charge in [-0.15, -0.1) is 0 Å². The Labute approximate surface area is 244 Å². The first-order valence-corrected chi connectivity index (χ1v) is 12.8. The minimum absolute atomic E-state index is 0.0542. The molecule has 0 atom stereocenters. The fourth-order valence-corrected chi connectivity index (χ4v) is 3.72. The van der Waals surface area contributed by atoms with E-state index in [0.29, 0.717) is 23.4 Å². The van der Waals surface area contributed by atoms with Crippen molar-refractivity contribution in [2.24, 2.45) is 0 Å². The number of hydrogen-bond donors (Lipinski definition) is 2. The molecule has 8 nitrogen and oxygen atoms in total. The van der Waals surface area contributed by atoms with Crippen molar-refractivity contribution in [2.75, 3.05) is 31.8 Å². The summed E-state index contributed by atoms with van der Waals surface area (Å²) in [6, 6.07) is 15.3. The van der Waals surface area contributed by atoms with Crippen molar-refractivity contribution < 1.29 is 50.5 Å². The normalized spacial score (nSPS) is 11.8. The van der Waals surface area contributed by atoms with E-state index in [9.17, 15) is 31.5 Å². The molecule has 3 aromatic carbocycles. The van der Waals surface area contributed by atoms with Crippen molar-refractivity contribution >= 4 is 29.4 Å². The fraction of sp³-hybridized carbons (Fsp3) is 0.267. The van der Waals surface area contributed by atoms with E-state index in [0.717, 1.165) is 5.56 Å². The molecule has 0 aromatic heterocycles. The maximum atomic E-state index is 13.0. The van der Waals surface area contributed by atoms with E-state index in [2.05, 4.69) is 0 Å². The maximum Gasteiger partial charge on any atom is 0.453 e. The summed E-state index contributed by atoms with van der Waals surface area (Å²) in [5.74, 6) is -5.80. The summed E-state index contributed by atoms with van der Waals surface area (Å²) in [6.07, 6.45) is -4.39. The summed E-state index contributed by atoms with van der Waals surface area (Å²) >= 11 is 0.